The third-order valence-electron chi connectivity index (χ3n) is 2.14. The van der Waals surface area contributed by atoms with Crippen molar-refractivity contribution in [3.63, 3.8) is 0 Å². The molecule has 5 heteroatoms. The summed E-state index contributed by atoms with van der Waals surface area (Å²) < 4.78 is 0. The summed E-state index contributed by atoms with van der Waals surface area (Å²) in [4.78, 5) is 0. The molecule has 0 saturated heterocycles. The standard InChI is InChI=1S/C10H14ClNO3/c11-7-2-1-6(5-9(7)14)10(15)8(13)3-4-12/h1-2,5,8,10,13-15H,3-4,12H2. The van der Waals surface area contributed by atoms with Crippen LogP contribution in [0.15, 0.2) is 18.2 Å². The maximum absolute atomic E-state index is 9.68. The molecule has 0 aliphatic carbocycles. The van der Waals surface area contributed by atoms with E-state index in [1.807, 2.05) is 0 Å². The Kier molecular flexibility index (Phi) is 4.35. The zero-order chi connectivity index (χ0) is 11.4. The zero-order valence-electron chi connectivity index (χ0n) is 8.10. The highest BCUT2D eigenvalue weighted by molar-refractivity contribution is 6.32. The monoisotopic (exact) mass is 231 g/mol. The van der Waals surface area contributed by atoms with E-state index < -0.39 is 12.2 Å². The van der Waals surface area contributed by atoms with Crippen LogP contribution in [0.5, 0.6) is 5.75 Å². The van der Waals surface area contributed by atoms with Gasteiger partial charge >= 0.3 is 0 Å². The molecule has 1 rings (SSSR count). The van der Waals surface area contributed by atoms with E-state index in [2.05, 4.69) is 0 Å². The van der Waals surface area contributed by atoms with Crippen LogP contribution >= 0.6 is 11.6 Å². The van der Waals surface area contributed by atoms with Crippen LogP contribution in [0, 0.1) is 0 Å². The van der Waals surface area contributed by atoms with Crippen LogP contribution in [0.1, 0.15) is 18.1 Å². The van der Waals surface area contributed by atoms with Gasteiger partial charge in [0, 0.05) is 0 Å². The van der Waals surface area contributed by atoms with Crippen LogP contribution in [-0.4, -0.2) is 28.0 Å². The highest BCUT2D eigenvalue weighted by atomic mass is 35.5. The fraction of sp³-hybridized carbons (Fsp3) is 0.400. The van der Waals surface area contributed by atoms with Crippen molar-refractivity contribution in [1.82, 2.24) is 0 Å². The Morgan fingerprint density at radius 3 is 2.53 bits per heavy atom. The summed E-state index contributed by atoms with van der Waals surface area (Å²) in [5, 5.41) is 28.7. The van der Waals surface area contributed by atoms with Crippen LogP contribution in [0.2, 0.25) is 5.02 Å². The van der Waals surface area contributed by atoms with Gasteiger partial charge in [-0.2, -0.15) is 0 Å². The van der Waals surface area contributed by atoms with E-state index in [0.717, 1.165) is 0 Å². The second-order valence-electron chi connectivity index (χ2n) is 3.30. The van der Waals surface area contributed by atoms with Gasteiger partial charge in [0.25, 0.3) is 0 Å². The molecule has 0 radical (unpaired) electrons. The highest BCUT2D eigenvalue weighted by Gasteiger charge is 2.18. The predicted molar refractivity (Wildman–Crippen MR) is 57.8 cm³/mol. The molecule has 1 aromatic rings. The minimum absolute atomic E-state index is 0.117. The summed E-state index contributed by atoms with van der Waals surface area (Å²) in [6.07, 6.45) is -1.70. The molecule has 0 amide bonds. The number of hydrogen-bond acceptors (Lipinski definition) is 4. The summed E-state index contributed by atoms with van der Waals surface area (Å²) in [6.45, 7) is 0.289. The zero-order valence-corrected chi connectivity index (χ0v) is 8.85. The normalized spacial score (nSPS) is 14.9. The maximum atomic E-state index is 9.68. The fourth-order valence-corrected chi connectivity index (χ4v) is 1.38. The van der Waals surface area contributed by atoms with Crippen LogP contribution < -0.4 is 5.73 Å². The van der Waals surface area contributed by atoms with Crippen molar-refractivity contribution in [3.05, 3.63) is 28.8 Å². The van der Waals surface area contributed by atoms with Gasteiger partial charge in [0.15, 0.2) is 0 Å². The van der Waals surface area contributed by atoms with Crippen molar-refractivity contribution >= 4 is 11.6 Å². The molecular weight excluding hydrogens is 218 g/mol. The number of phenolic OH excluding ortho intramolecular Hbond substituents is 1. The molecule has 0 spiro atoms. The van der Waals surface area contributed by atoms with Gasteiger partial charge < -0.3 is 21.1 Å². The number of aliphatic hydroxyl groups excluding tert-OH is 2. The smallest absolute Gasteiger partial charge is 0.134 e. The molecule has 4 nitrogen and oxygen atoms in total. The van der Waals surface area contributed by atoms with E-state index in [1.54, 1.807) is 6.07 Å². The van der Waals surface area contributed by atoms with Crippen LogP contribution in [0.4, 0.5) is 0 Å². The average molecular weight is 232 g/mol. The third kappa shape index (κ3) is 3.07. The minimum Gasteiger partial charge on any atom is -0.506 e. The third-order valence-corrected chi connectivity index (χ3v) is 2.46. The van der Waals surface area contributed by atoms with E-state index in [4.69, 9.17) is 17.3 Å². The highest BCUT2D eigenvalue weighted by Crippen LogP contribution is 2.28. The molecule has 15 heavy (non-hydrogen) atoms. The molecule has 0 aliphatic heterocycles. The van der Waals surface area contributed by atoms with E-state index >= 15 is 0 Å². The second kappa shape index (κ2) is 5.32. The van der Waals surface area contributed by atoms with Crippen molar-refractivity contribution in [2.24, 2.45) is 5.73 Å². The number of aromatic hydroxyl groups is 1. The van der Waals surface area contributed by atoms with E-state index in [-0.39, 0.29) is 17.3 Å². The first kappa shape index (κ1) is 12.3. The van der Waals surface area contributed by atoms with Gasteiger partial charge in [-0.1, -0.05) is 17.7 Å². The number of aliphatic hydroxyl groups is 2. The molecule has 0 bridgehead atoms. The summed E-state index contributed by atoms with van der Waals surface area (Å²) >= 11 is 5.61. The van der Waals surface area contributed by atoms with Crippen LogP contribution in [0.3, 0.4) is 0 Å². The average Bonchev–Trinajstić information content (AvgIpc) is 2.21. The molecule has 2 atom stereocenters. The molecule has 0 fully saturated rings. The molecule has 0 saturated carbocycles. The summed E-state index contributed by atoms with van der Waals surface area (Å²) in [5.74, 6) is -0.117. The number of phenols is 1. The Hall–Kier alpha value is -0.810. The van der Waals surface area contributed by atoms with Gasteiger partial charge in [-0.3, -0.25) is 0 Å². The summed E-state index contributed by atoms with van der Waals surface area (Å²) in [5.41, 5.74) is 5.67. The lowest BCUT2D eigenvalue weighted by Crippen LogP contribution is -2.21. The van der Waals surface area contributed by atoms with Crippen LogP contribution in [-0.2, 0) is 0 Å². The molecular formula is C10H14ClNO3. The number of halogens is 1. The first-order valence-electron chi connectivity index (χ1n) is 4.61. The van der Waals surface area contributed by atoms with Gasteiger partial charge in [-0.25, -0.2) is 0 Å². The quantitative estimate of drug-likeness (QED) is 0.617. The second-order valence-corrected chi connectivity index (χ2v) is 3.71. The summed E-state index contributed by atoms with van der Waals surface area (Å²) in [7, 11) is 0. The van der Waals surface area contributed by atoms with Crippen molar-refractivity contribution in [3.8, 4) is 5.75 Å². The van der Waals surface area contributed by atoms with Crippen LogP contribution in [0.25, 0.3) is 0 Å². The lowest BCUT2D eigenvalue weighted by molar-refractivity contribution is 0.0149. The number of hydrogen-bond donors (Lipinski definition) is 4. The Morgan fingerprint density at radius 1 is 1.33 bits per heavy atom. The largest absolute Gasteiger partial charge is 0.506 e. The van der Waals surface area contributed by atoms with Crippen molar-refractivity contribution in [2.45, 2.75) is 18.6 Å². The van der Waals surface area contributed by atoms with Gasteiger partial charge in [-0.05, 0) is 30.7 Å². The molecule has 0 aliphatic rings. The first-order valence-corrected chi connectivity index (χ1v) is 4.98. The molecule has 0 heterocycles. The Morgan fingerprint density at radius 2 is 2.00 bits per heavy atom. The van der Waals surface area contributed by atoms with Crippen molar-refractivity contribution < 1.29 is 15.3 Å². The SMILES string of the molecule is NCCC(O)C(O)c1ccc(Cl)c(O)c1. The first-order chi connectivity index (χ1) is 7.06. The molecule has 5 N–H and O–H groups in total. The molecule has 1 aromatic carbocycles. The van der Waals surface area contributed by atoms with Gasteiger partial charge in [0.1, 0.15) is 11.9 Å². The summed E-state index contributed by atoms with van der Waals surface area (Å²) in [6, 6.07) is 4.34. The number of rotatable bonds is 4. The van der Waals surface area contributed by atoms with Gasteiger partial charge in [0.05, 0.1) is 11.1 Å². The topological polar surface area (TPSA) is 86.7 Å². The number of benzene rings is 1. The molecule has 2 unspecified atom stereocenters. The maximum Gasteiger partial charge on any atom is 0.134 e. The van der Waals surface area contributed by atoms with Crippen molar-refractivity contribution in [2.75, 3.05) is 6.54 Å². The Labute approximate surface area is 92.9 Å². The lowest BCUT2D eigenvalue weighted by atomic mass is 10.0. The van der Waals surface area contributed by atoms with E-state index in [1.165, 1.54) is 12.1 Å². The molecule has 84 valence electrons. The Bertz CT molecular complexity index is 332. The fourth-order valence-electron chi connectivity index (χ4n) is 1.26. The van der Waals surface area contributed by atoms with Gasteiger partial charge in [0.2, 0.25) is 0 Å². The lowest BCUT2D eigenvalue weighted by Gasteiger charge is -2.17. The minimum atomic E-state index is -1.06. The van der Waals surface area contributed by atoms with Gasteiger partial charge in [-0.15, -0.1) is 0 Å². The number of nitrogens with two attached hydrogens (primary N) is 1. The van der Waals surface area contributed by atoms with Crippen molar-refractivity contribution in [1.29, 1.82) is 0 Å². The Balaban J connectivity index is 2.81. The van der Waals surface area contributed by atoms with E-state index in [0.29, 0.717) is 12.0 Å². The van der Waals surface area contributed by atoms with E-state index in [9.17, 15) is 15.3 Å². The molecule has 0 aromatic heterocycles. The predicted octanol–water partition coefficient (Wildman–Crippen LogP) is 0.789.